The molecule has 0 spiro atoms. The normalized spacial score (nSPS) is 19.8. The van der Waals surface area contributed by atoms with Gasteiger partial charge in [0.05, 0.1) is 18.2 Å². The molecule has 1 unspecified atom stereocenters. The highest BCUT2D eigenvalue weighted by molar-refractivity contribution is 5.98. The van der Waals surface area contributed by atoms with E-state index in [2.05, 4.69) is 5.10 Å². The molecule has 6 heteroatoms. The molecule has 1 amide bonds. The van der Waals surface area contributed by atoms with Gasteiger partial charge in [-0.25, -0.2) is 0 Å². The molecule has 2 aliphatic rings. The number of aromatic nitrogens is 2. The van der Waals surface area contributed by atoms with Crippen molar-refractivity contribution in [1.29, 1.82) is 0 Å². The highest BCUT2D eigenvalue weighted by Crippen LogP contribution is 2.35. The molecule has 1 saturated heterocycles. The SMILES string of the molecule is O=C(c1cccc2c1OCCO2)N1CCCC1Cn1cccn1. The average Bonchev–Trinajstić information content (AvgIpc) is 3.26. The second-order valence-corrected chi connectivity index (χ2v) is 5.85. The Kier molecular flexibility index (Phi) is 3.65. The maximum atomic E-state index is 13.0. The number of ether oxygens (including phenoxy) is 2. The predicted molar refractivity (Wildman–Crippen MR) is 83.7 cm³/mol. The van der Waals surface area contributed by atoms with Crippen molar-refractivity contribution in [2.75, 3.05) is 19.8 Å². The van der Waals surface area contributed by atoms with Gasteiger partial charge in [0.2, 0.25) is 0 Å². The summed E-state index contributed by atoms with van der Waals surface area (Å²) in [6.07, 6.45) is 5.71. The number of hydrogen-bond acceptors (Lipinski definition) is 4. The van der Waals surface area contributed by atoms with Crippen molar-refractivity contribution >= 4 is 5.91 Å². The summed E-state index contributed by atoms with van der Waals surface area (Å²) in [5, 5.41) is 4.25. The number of benzene rings is 1. The summed E-state index contributed by atoms with van der Waals surface area (Å²) in [6, 6.07) is 7.58. The Labute approximate surface area is 134 Å². The van der Waals surface area contributed by atoms with Crippen molar-refractivity contribution in [3.8, 4) is 11.5 Å². The Morgan fingerprint density at radius 3 is 3.04 bits per heavy atom. The number of para-hydroxylation sites is 1. The molecule has 0 N–H and O–H groups in total. The third kappa shape index (κ3) is 2.65. The number of likely N-dealkylation sites (tertiary alicyclic amines) is 1. The summed E-state index contributed by atoms with van der Waals surface area (Å²) in [7, 11) is 0. The van der Waals surface area contributed by atoms with E-state index in [9.17, 15) is 4.79 Å². The van der Waals surface area contributed by atoms with Gasteiger partial charge in [-0.05, 0) is 31.0 Å². The van der Waals surface area contributed by atoms with Crippen molar-refractivity contribution in [2.45, 2.75) is 25.4 Å². The Morgan fingerprint density at radius 1 is 1.26 bits per heavy atom. The third-order valence-electron chi connectivity index (χ3n) is 4.39. The second kappa shape index (κ2) is 5.95. The number of rotatable bonds is 3. The van der Waals surface area contributed by atoms with Gasteiger partial charge in [0.25, 0.3) is 5.91 Å². The van der Waals surface area contributed by atoms with Gasteiger partial charge in [0.15, 0.2) is 11.5 Å². The Hall–Kier alpha value is -2.50. The first-order chi connectivity index (χ1) is 11.3. The van der Waals surface area contributed by atoms with E-state index in [4.69, 9.17) is 9.47 Å². The third-order valence-corrected chi connectivity index (χ3v) is 4.39. The minimum absolute atomic E-state index is 0.0157. The van der Waals surface area contributed by atoms with Crippen LogP contribution in [0.5, 0.6) is 11.5 Å². The van der Waals surface area contributed by atoms with Gasteiger partial charge in [-0.3, -0.25) is 9.48 Å². The molecule has 3 heterocycles. The zero-order valence-electron chi connectivity index (χ0n) is 12.9. The molecule has 2 aromatic rings. The van der Waals surface area contributed by atoms with E-state index in [1.54, 1.807) is 6.20 Å². The number of carbonyl (C=O) groups excluding carboxylic acids is 1. The fourth-order valence-electron chi connectivity index (χ4n) is 3.31. The predicted octanol–water partition coefficient (Wildman–Crippen LogP) is 1.96. The lowest BCUT2D eigenvalue weighted by atomic mass is 10.1. The van der Waals surface area contributed by atoms with Gasteiger partial charge in [0.1, 0.15) is 13.2 Å². The topological polar surface area (TPSA) is 56.6 Å². The zero-order chi connectivity index (χ0) is 15.6. The van der Waals surface area contributed by atoms with Gasteiger partial charge in [-0.15, -0.1) is 0 Å². The highest BCUT2D eigenvalue weighted by Gasteiger charge is 2.32. The van der Waals surface area contributed by atoms with Crippen molar-refractivity contribution in [3.63, 3.8) is 0 Å². The number of nitrogens with zero attached hydrogens (tertiary/aromatic N) is 3. The molecule has 0 saturated carbocycles. The first kappa shape index (κ1) is 14.1. The van der Waals surface area contributed by atoms with E-state index in [1.165, 1.54) is 0 Å². The summed E-state index contributed by atoms with van der Waals surface area (Å²) in [5.74, 6) is 1.25. The number of amides is 1. The lowest BCUT2D eigenvalue weighted by Gasteiger charge is -2.27. The van der Waals surface area contributed by atoms with Crippen molar-refractivity contribution in [3.05, 3.63) is 42.2 Å². The summed E-state index contributed by atoms with van der Waals surface area (Å²) in [6.45, 7) is 2.50. The van der Waals surface area contributed by atoms with Gasteiger partial charge >= 0.3 is 0 Å². The molecule has 6 nitrogen and oxygen atoms in total. The van der Waals surface area contributed by atoms with Crippen LogP contribution in [0.15, 0.2) is 36.7 Å². The van der Waals surface area contributed by atoms with Crippen LogP contribution in [-0.2, 0) is 6.54 Å². The standard InChI is InChI=1S/C17H19N3O3/c21-17(14-5-1-6-15-16(14)23-11-10-22-15)20-9-2-4-13(20)12-19-8-3-7-18-19/h1,3,5-8,13H,2,4,9-12H2. The largest absolute Gasteiger partial charge is 0.486 e. The van der Waals surface area contributed by atoms with Crippen LogP contribution in [0.3, 0.4) is 0 Å². The Bertz CT molecular complexity index is 699. The molecule has 1 aromatic heterocycles. The molecule has 2 aliphatic heterocycles. The van der Waals surface area contributed by atoms with Gasteiger partial charge in [0, 0.05) is 18.9 Å². The van der Waals surface area contributed by atoms with E-state index in [0.717, 1.165) is 25.9 Å². The average molecular weight is 313 g/mol. The second-order valence-electron chi connectivity index (χ2n) is 5.85. The highest BCUT2D eigenvalue weighted by atomic mass is 16.6. The van der Waals surface area contributed by atoms with Crippen LogP contribution in [0, 0.1) is 0 Å². The lowest BCUT2D eigenvalue weighted by Crippen LogP contribution is -2.38. The number of carbonyl (C=O) groups is 1. The molecular formula is C17H19N3O3. The van der Waals surface area contributed by atoms with Crippen LogP contribution in [0.25, 0.3) is 0 Å². The Balaban J connectivity index is 1.58. The molecule has 0 bridgehead atoms. The molecule has 23 heavy (non-hydrogen) atoms. The van der Waals surface area contributed by atoms with Gasteiger partial charge in [-0.1, -0.05) is 6.07 Å². The maximum absolute atomic E-state index is 13.0. The first-order valence-electron chi connectivity index (χ1n) is 8.00. The minimum atomic E-state index is 0.0157. The molecule has 0 radical (unpaired) electrons. The Morgan fingerprint density at radius 2 is 2.17 bits per heavy atom. The van der Waals surface area contributed by atoms with Crippen molar-refractivity contribution in [2.24, 2.45) is 0 Å². The van der Waals surface area contributed by atoms with Gasteiger partial charge in [-0.2, -0.15) is 5.10 Å². The summed E-state index contributed by atoms with van der Waals surface area (Å²) in [4.78, 5) is 15.0. The van der Waals surface area contributed by atoms with Crippen LogP contribution in [0.1, 0.15) is 23.2 Å². The van der Waals surface area contributed by atoms with Crippen molar-refractivity contribution < 1.29 is 14.3 Å². The van der Waals surface area contributed by atoms with Crippen LogP contribution in [0.4, 0.5) is 0 Å². The first-order valence-corrected chi connectivity index (χ1v) is 8.00. The molecule has 120 valence electrons. The van der Waals surface area contributed by atoms with Crippen molar-refractivity contribution in [1.82, 2.24) is 14.7 Å². The monoisotopic (exact) mass is 313 g/mol. The minimum Gasteiger partial charge on any atom is -0.486 e. The summed E-state index contributed by atoms with van der Waals surface area (Å²) >= 11 is 0. The molecule has 1 fully saturated rings. The summed E-state index contributed by atoms with van der Waals surface area (Å²) in [5.41, 5.74) is 0.592. The molecule has 1 aromatic carbocycles. The smallest absolute Gasteiger partial charge is 0.258 e. The molecule has 0 aliphatic carbocycles. The molecule has 4 rings (SSSR count). The van der Waals surface area contributed by atoms with E-state index in [0.29, 0.717) is 30.3 Å². The summed E-state index contributed by atoms with van der Waals surface area (Å²) < 4.78 is 13.2. The van der Waals surface area contributed by atoms with E-state index in [-0.39, 0.29) is 11.9 Å². The number of hydrogen-bond donors (Lipinski definition) is 0. The van der Waals surface area contributed by atoms with E-state index in [1.807, 2.05) is 40.0 Å². The number of fused-ring (bicyclic) bond motifs is 1. The molecular weight excluding hydrogens is 294 g/mol. The lowest BCUT2D eigenvalue weighted by molar-refractivity contribution is 0.0711. The van der Waals surface area contributed by atoms with E-state index >= 15 is 0 Å². The fourth-order valence-corrected chi connectivity index (χ4v) is 3.31. The van der Waals surface area contributed by atoms with Crippen LogP contribution in [0.2, 0.25) is 0 Å². The van der Waals surface area contributed by atoms with E-state index < -0.39 is 0 Å². The quantitative estimate of drug-likeness (QED) is 0.869. The van der Waals surface area contributed by atoms with Gasteiger partial charge < -0.3 is 14.4 Å². The maximum Gasteiger partial charge on any atom is 0.258 e. The van der Waals surface area contributed by atoms with Crippen LogP contribution in [-0.4, -0.2) is 46.4 Å². The van der Waals surface area contributed by atoms with Crippen LogP contribution >= 0.6 is 0 Å². The fraction of sp³-hybridized carbons (Fsp3) is 0.412. The van der Waals surface area contributed by atoms with Crippen LogP contribution < -0.4 is 9.47 Å². The molecule has 1 atom stereocenters. The zero-order valence-corrected chi connectivity index (χ0v) is 12.9.